The fraction of sp³-hybridized carbons (Fsp3) is 0.667. The van der Waals surface area contributed by atoms with Crippen molar-refractivity contribution in [2.24, 2.45) is 0 Å². The summed E-state index contributed by atoms with van der Waals surface area (Å²) in [5.74, 6) is 1.51. The molecule has 0 aromatic carbocycles. The summed E-state index contributed by atoms with van der Waals surface area (Å²) in [6.45, 7) is 2.70. The lowest BCUT2D eigenvalue weighted by Gasteiger charge is -2.22. The number of carbonyl (C=O) groups is 1. The van der Waals surface area contributed by atoms with Gasteiger partial charge in [0.2, 0.25) is 5.91 Å². The van der Waals surface area contributed by atoms with Crippen molar-refractivity contribution in [2.45, 2.75) is 38.6 Å². The van der Waals surface area contributed by atoms with Gasteiger partial charge in [0.25, 0.3) is 0 Å². The maximum Gasteiger partial charge on any atom is 0.223 e. The largest absolute Gasteiger partial charge is 0.359 e. The molecule has 1 unspecified atom stereocenters. The first-order valence-corrected chi connectivity index (χ1v) is 6.54. The van der Waals surface area contributed by atoms with Gasteiger partial charge >= 0.3 is 0 Å². The summed E-state index contributed by atoms with van der Waals surface area (Å²) in [7, 11) is 0. The third-order valence-electron chi connectivity index (χ3n) is 3.07. The number of aryl methyl sites for hydroxylation is 1. The first-order chi connectivity index (χ1) is 8.22. The van der Waals surface area contributed by atoms with Gasteiger partial charge in [-0.05, 0) is 26.2 Å². The van der Waals surface area contributed by atoms with Crippen LogP contribution in [0.2, 0.25) is 0 Å². The van der Waals surface area contributed by atoms with Crippen molar-refractivity contribution in [3.63, 3.8) is 0 Å². The predicted octanol–water partition coefficient (Wildman–Crippen LogP) is 2.67. The highest BCUT2D eigenvalue weighted by Gasteiger charge is 2.31. The maximum absolute atomic E-state index is 12.0. The van der Waals surface area contributed by atoms with Crippen LogP contribution in [-0.4, -0.2) is 28.4 Å². The van der Waals surface area contributed by atoms with Crippen molar-refractivity contribution >= 4 is 17.5 Å². The summed E-state index contributed by atoms with van der Waals surface area (Å²) in [6.07, 6.45) is 3.24. The summed E-state index contributed by atoms with van der Waals surface area (Å²) >= 11 is 5.61. The minimum atomic E-state index is 0.0685. The Hall–Kier alpha value is -1.03. The second-order valence-corrected chi connectivity index (χ2v) is 4.79. The molecule has 1 aromatic heterocycles. The van der Waals surface area contributed by atoms with Crippen molar-refractivity contribution in [1.29, 1.82) is 0 Å². The highest BCUT2D eigenvalue weighted by atomic mass is 35.5. The van der Waals surface area contributed by atoms with Crippen molar-refractivity contribution in [3.05, 3.63) is 17.5 Å². The van der Waals surface area contributed by atoms with Crippen LogP contribution >= 0.6 is 11.6 Å². The number of hydrogen-bond acceptors (Lipinski definition) is 3. The quantitative estimate of drug-likeness (QED) is 0.778. The molecular formula is C12H17ClN2O2. The van der Waals surface area contributed by atoms with E-state index in [9.17, 15) is 4.79 Å². The van der Waals surface area contributed by atoms with Crippen molar-refractivity contribution in [2.75, 3.05) is 12.4 Å². The zero-order chi connectivity index (χ0) is 12.3. The van der Waals surface area contributed by atoms with Crippen LogP contribution in [0.5, 0.6) is 0 Å². The topological polar surface area (TPSA) is 46.3 Å². The standard InChI is InChI=1S/C12H17ClN2O2/c1-9-8-11(17-14-9)10-4-3-7-15(10)12(16)5-2-6-13/h8,10H,2-7H2,1H3. The smallest absolute Gasteiger partial charge is 0.223 e. The van der Waals surface area contributed by atoms with Crippen molar-refractivity contribution < 1.29 is 9.32 Å². The summed E-state index contributed by atoms with van der Waals surface area (Å²) in [6, 6.07) is 1.98. The van der Waals surface area contributed by atoms with Crippen LogP contribution in [0, 0.1) is 6.92 Å². The van der Waals surface area contributed by atoms with E-state index in [0.717, 1.165) is 37.3 Å². The molecule has 94 valence electrons. The molecule has 4 nitrogen and oxygen atoms in total. The van der Waals surface area contributed by atoms with Crippen LogP contribution < -0.4 is 0 Å². The van der Waals surface area contributed by atoms with Crippen LogP contribution in [-0.2, 0) is 4.79 Å². The Bertz CT molecular complexity index is 392. The molecule has 0 saturated carbocycles. The molecule has 1 saturated heterocycles. The number of rotatable bonds is 4. The van der Waals surface area contributed by atoms with Gasteiger partial charge < -0.3 is 9.42 Å². The van der Waals surface area contributed by atoms with Gasteiger partial charge in [0, 0.05) is 24.9 Å². The van der Waals surface area contributed by atoms with Gasteiger partial charge in [-0.25, -0.2) is 0 Å². The van der Waals surface area contributed by atoms with E-state index in [1.165, 1.54) is 0 Å². The fourth-order valence-electron chi connectivity index (χ4n) is 2.26. The minimum Gasteiger partial charge on any atom is -0.359 e. The molecule has 0 radical (unpaired) electrons. The number of aromatic nitrogens is 1. The number of carbonyl (C=O) groups excluding carboxylic acids is 1. The molecular weight excluding hydrogens is 240 g/mol. The second kappa shape index (κ2) is 5.54. The molecule has 1 fully saturated rings. The average molecular weight is 257 g/mol. The van der Waals surface area contributed by atoms with Crippen LogP contribution in [0.1, 0.15) is 43.2 Å². The number of amides is 1. The molecule has 1 aliphatic rings. The van der Waals surface area contributed by atoms with Gasteiger partial charge in [-0.1, -0.05) is 5.16 Å². The first kappa shape index (κ1) is 12.4. The second-order valence-electron chi connectivity index (χ2n) is 4.41. The zero-order valence-corrected chi connectivity index (χ0v) is 10.7. The van der Waals surface area contributed by atoms with E-state index in [-0.39, 0.29) is 11.9 Å². The van der Waals surface area contributed by atoms with E-state index in [1.807, 2.05) is 17.9 Å². The molecule has 0 spiro atoms. The van der Waals surface area contributed by atoms with E-state index in [4.69, 9.17) is 16.1 Å². The number of nitrogens with zero attached hydrogens (tertiary/aromatic N) is 2. The lowest BCUT2D eigenvalue weighted by molar-refractivity contribution is -0.132. The third kappa shape index (κ3) is 2.80. The summed E-state index contributed by atoms with van der Waals surface area (Å²) in [4.78, 5) is 13.9. The molecule has 0 aliphatic carbocycles. The molecule has 0 N–H and O–H groups in total. The summed E-state index contributed by atoms with van der Waals surface area (Å²) < 4.78 is 5.26. The zero-order valence-electron chi connectivity index (χ0n) is 9.99. The van der Waals surface area contributed by atoms with Gasteiger partial charge in [-0.2, -0.15) is 0 Å². The van der Waals surface area contributed by atoms with E-state index in [1.54, 1.807) is 0 Å². The Kier molecular flexibility index (Phi) is 4.05. The Balaban J connectivity index is 2.04. The lowest BCUT2D eigenvalue weighted by Crippen LogP contribution is -2.30. The van der Waals surface area contributed by atoms with Gasteiger partial charge in [0.1, 0.15) is 0 Å². The van der Waals surface area contributed by atoms with Gasteiger partial charge in [0.05, 0.1) is 11.7 Å². The van der Waals surface area contributed by atoms with E-state index in [2.05, 4.69) is 5.16 Å². The molecule has 1 aromatic rings. The molecule has 1 aliphatic heterocycles. The number of likely N-dealkylation sites (tertiary alicyclic amines) is 1. The first-order valence-electron chi connectivity index (χ1n) is 6.01. The fourth-order valence-corrected chi connectivity index (χ4v) is 2.40. The average Bonchev–Trinajstić information content (AvgIpc) is 2.93. The van der Waals surface area contributed by atoms with Crippen molar-refractivity contribution in [1.82, 2.24) is 10.1 Å². The van der Waals surface area contributed by atoms with Gasteiger partial charge in [-0.3, -0.25) is 4.79 Å². The van der Waals surface area contributed by atoms with Crippen molar-refractivity contribution in [3.8, 4) is 0 Å². The monoisotopic (exact) mass is 256 g/mol. The van der Waals surface area contributed by atoms with Crippen LogP contribution in [0.3, 0.4) is 0 Å². The Morgan fingerprint density at radius 3 is 3.18 bits per heavy atom. The van der Waals surface area contributed by atoms with Crippen LogP contribution in [0.4, 0.5) is 0 Å². The predicted molar refractivity (Wildman–Crippen MR) is 64.9 cm³/mol. The highest BCUT2D eigenvalue weighted by Crippen LogP contribution is 2.32. The number of hydrogen-bond donors (Lipinski definition) is 0. The molecule has 2 heterocycles. The summed E-state index contributed by atoms with van der Waals surface area (Å²) in [5.41, 5.74) is 0.861. The normalized spacial score (nSPS) is 19.9. The molecule has 2 rings (SSSR count). The van der Waals surface area contributed by atoms with Gasteiger partial charge in [-0.15, -0.1) is 11.6 Å². The molecule has 5 heteroatoms. The van der Waals surface area contributed by atoms with Gasteiger partial charge in [0.15, 0.2) is 5.76 Å². The molecule has 1 amide bonds. The molecule has 0 bridgehead atoms. The van der Waals surface area contributed by atoms with E-state index in [0.29, 0.717) is 12.3 Å². The Morgan fingerprint density at radius 2 is 2.53 bits per heavy atom. The molecule has 1 atom stereocenters. The summed E-state index contributed by atoms with van der Waals surface area (Å²) in [5, 5.41) is 3.88. The number of alkyl halides is 1. The number of halogens is 1. The SMILES string of the molecule is Cc1cc(C2CCCN2C(=O)CCCCl)on1. The lowest BCUT2D eigenvalue weighted by atomic mass is 10.1. The van der Waals surface area contributed by atoms with Crippen LogP contribution in [0.25, 0.3) is 0 Å². The van der Waals surface area contributed by atoms with Crippen LogP contribution in [0.15, 0.2) is 10.6 Å². The van der Waals surface area contributed by atoms with E-state index < -0.39 is 0 Å². The van der Waals surface area contributed by atoms with E-state index >= 15 is 0 Å². The minimum absolute atomic E-state index is 0.0685. The maximum atomic E-state index is 12.0. The molecule has 17 heavy (non-hydrogen) atoms. The highest BCUT2D eigenvalue weighted by molar-refractivity contribution is 6.17. The third-order valence-corrected chi connectivity index (χ3v) is 3.34. The Labute approximate surface area is 106 Å². The Morgan fingerprint density at radius 1 is 1.71 bits per heavy atom.